The summed E-state index contributed by atoms with van der Waals surface area (Å²) >= 11 is 0. The molecule has 2 aliphatic rings. The Morgan fingerprint density at radius 2 is 1.97 bits per heavy atom. The first-order chi connectivity index (χ1) is 16.5. The average Bonchev–Trinajstić information content (AvgIpc) is 3.53. The third kappa shape index (κ3) is 5.01. The SMILES string of the molecule is C=C(/C=C\c1c(C)c(F)nn1C)[C@H]1CC[C@H](CNc2cccc(-c3cnn(C4CC4)c3)c2)CC1. The van der Waals surface area contributed by atoms with Gasteiger partial charge in [-0.2, -0.15) is 9.49 Å². The van der Waals surface area contributed by atoms with E-state index in [9.17, 15) is 4.39 Å². The van der Waals surface area contributed by atoms with Crippen molar-refractivity contribution in [1.82, 2.24) is 19.6 Å². The number of hydrogen-bond donors (Lipinski definition) is 1. The van der Waals surface area contributed by atoms with E-state index in [2.05, 4.69) is 57.2 Å². The van der Waals surface area contributed by atoms with Crippen LogP contribution in [0.25, 0.3) is 17.2 Å². The maximum Gasteiger partial charge on any atom is 0.236 e. The Bertz CT molecular complexity index is 1190. The minimum absolute atomic E-state index is 0.403. The quantitative estimate of drug-likeness (QED) is 0.388. The number of benzene rings is 1. The van der Waals surface area contributed by atoms with Crippen LogP contribution in [0.1, 0.15) is 55.8 Å². The second kappa shape index (κ2) is 9.61. The third-order valence-corrected chi connectivity index (χ3v) is 7.42. The molecule has 178 valence electrons. The van der Waals surface area contributed by atoms with Crippen molar-refractivity contribution in [3.05, 3.63) is 72.1 Å². The van der Waals surface area contributed by atoms with Crippen LogP contribution in [0.15, 0.2) is 54.9 Å². The van der Waals surface area contributed by atoms with Crippen LogP contribution in [0.2, 0.25) is 0 Å². The maximum atomic E-state index is 13.7. The number of rotatable bonds is 8. The molecule has 34 heavy (non-hydrogen) atoms. The molecule has 2 aromatic heterocycles. The summed E-state index contributed by atoms with van der Waals surface area (Å²) in [5, 5.41) is 12.0. The van der Waals surface area contributed by atoms with E-state index in [-0.39, 0.29) is 0 Å². The molecular formula is C28H34FN5. The van der Waals surface area contributed by atoms with Crippen LogP contribution in [0, 0.1) is 24.7 Å². The lowest BCUT2D eigenvalue weighted by atomic mass is 9.78. The zero-order valence-corrected chi connectivity index (χ0v) is 20.2. The van der Waals surface area contributed by atoms with E-state index in [1.54, 1.807) is 18.7 Å². The van der Waals surface area contributed by atoms with Crippen LogP contribution in [-0.2, 0) is 7.05 Å². The highest BCUT2D eigenvalue weighted by Gasteiger charge is 2.24. The summed E-state index contributed by atoms with van der Waals surface area (Å²) in [7, 11) is 1.77. The Morgan fingerprint density at radius 3 is 2.68 bits per heavy atom. The molecule has 0 saturated heterocycles. The van der Waals surface area contributed by atoms with E-state index in [1.807, 2.05) is 18.3 Å². The molecule has 0 bridgehead atoms. The number of anilines is 1. The van der Waals surface area contributed by atoms with E-state index in [4.69, 9.17) is 0 Å². The van der Waals surface area contributed by atoms with Crippen LogP contribution >= 0.6 is 0 Å². The summed E-state index contributed by atoms with van der Waals surface area (Å²) in [6.45, 7) is 7.06. The molecule has 5 nitrogen and oxygen atoms in total. The predicted molar refractivity (Wildman–Crippen MR) is 136 cm³/mol. The second-order valence-electron chi connectivity index (χ2n) is 9.95. The Balaban J connectivity index is 1.11. The van der Waals surface area contributed by atoms with Gasteiger partial charge in [0.15, 0.2) is 0 Å². The zero-order chi connectivity index (χ0) is 23.7. The van der Waals surface area contributed by atoms with Gasteiger partial charge in [0, 0.05) is 36.6 Å². The van der Waals surface area contributed by atoms with Crippen LogP contribution < -0.4 is 5.32 Å². The van der Waals surface area contributed by atoms with Gasteiger partial charge in [-0.15, -0.1) is 5.10 Å². The lowest BCUT2D eigenvalue weighted by Crippen LogP contribution is -2.21. The topological polar surface area (TPSA) is 47.7 Å². The zero-order valence-electron chi connectivity index (χ0n) is 20.2. The van der Waals surface area contributed by atoms with Crippen molar-refractivity contribution in [1.29, 1.82) is 0 Å². The summed E-state index contributed by atoms with van der Waals surface area (Å²) in [5.74, 6) is 0.763. The Labute approximate surface area is 201 Å². The average molecular weight is 460 g/mol. The molecule has 0 unspecified atom stereocenters. The van der Waals surface area contributed by atoms with E-state index in [0.29, 0.717) is 23.4 Å². The fraction of sp³-hybridized carbons (Fsp3) is 0.429. The number of nitrogens with one attached hydrogen (secondary N) is 1. The summed E-state index contributed by atoms with van der Waals surface area (Å²) in [6, 6.07) is 9.27. The van der Waals surface area contributed by atoms with Gasteiger partial charge >= 0.3 is 0 Å². The summed E-state index contributed by atoms with van der Waals surface area (Å²) in [4.78, 5) is 0. The lowest BCUT2D eigenvalue weighted by molar-refractivity contribution is 0.316. The largest absolute Gasteiger partial charge is 0.385 e. The number of allylic oxidation sites excluding steroid dienone is 2. The highest BCUT2D eigenvalue weighted by molar-refractivity contribution is 5.67. The summed E-state index contributed by atoms with van der Waals surface area (Å²) in [5.41, 5.74) is 6.09. The van der Waals surface area contributed by atoms with Gasteiger partial charge in [0.05, 0.1) is 17.9 Å². The first kappa shape index (κ1) is 22.6. The van der Waals surface area contributed by atoms with Gasteiger partial charge in [0.1, 0.15) is 0 Å². The number of aromatic nitrogens is 4. The first-order valence-electron chi connectivity index (χ1n) is 12.4. The molecule has 2 saturated carbocycles. The second-order valence-corrected chi connectivity index (χ2v) is 9.95. The van der Waals surface area contributed by atoms with Gasteiger partial charge in [-0.3, -0.25) is 9.36 Å². The van der Waals surface area contributed by atoms with Gasteiger partial charge in [0.2, 0.25) is 5.95 Å². The van der Waals surface area contributed by atoms with Crippen molar-refractivity contribution in [2.75, 3.05) is 11.9 Å². The van der Waals surface area contributed by atoms with Crippen molar-refractivity contribution < 1.29 is 4.39 Å². The molecule has 5 rings (SSSR count). The van der Waals surface area contributed by atoms with Gasteiger partial charge in [-0.05, 0) is 81.1 Å². The van der Waals surface area contributed by atoms with Crippen LogP contribution in [0.3, 0.4) is 0 Å². The summed E-state index contributed by atoms with van der Waals surface area (Å²) in [6.07, 6.45) is 15.3. The van der Waals surface area contributed by atoms with Crippen molar-refractivity contribution in [2.24, 2.45) is 18.9 Å². The monoisotopic (exact) mass is 459 g/mol. The molecule has 0 amide bonds. The molecule has 2 aliphatic carbocycles. The van der Waals surface area contributed by atoms with Crippen molar-refractivity contribution in [3.8, 4) is 11.1 Å². The molecule has 1 aromatic carbocycles. The fourth-order valence-electron chi connectivity index (χ4n) is 5.00. The minimum atomic E-state index is -0.403. The van der Waals surface area contributed by atoms with Gasteiger partial charge < -0.3 is 5.32 Å². The normalized spacial score (nSPS) is 20.7. The smallest absolute Gasteiger partial charge is 0.236 e. The first-order valence-corrected chi connectivity index (χ1v) is 12.4. The number of hydrogen-bond acceptors (Lipinski definition) is 3. The molecule has 1 N–H and O–H groups in total. The number of halogens is 1. The highest BCUT2D eigenvalue weighted by atomic mass is 19.1. The van der Waals surface area contributed by atoms with Gasteiger partial charge in [-0.25, -0.2) is 0 Å². The molecule has 3 aromatic rings. The van der Waals surface area contributed by atoms with Gasteiger partial charge in [0.25, 0.3) is 0 Å². The number of aryl methyl sites for hydroxylation is 1. The predicted octanol–water partition coefficient (Wildman–Crippen LogP) is 6.55. The molecule has 0 radical (unpaired) electrons. The summed E-state index contributed by atoms with van der Waals surface area (Å²) < 4.78 is 17.4. The van der Waals surface area contributed by atoms with Crippen LogP contribution in [0.4, 0.5) is 10.1 Å². The van der Waals surface area contributed by atoms with Gasteiger partial charge in [-0.1, -0.05) is 30.4 Å². The van der Waals surface area contributed by atoms with E-state index < -0.39 is 5.95 Å². The fourth-order valence-corrected chi connectivity index (χ4v) is 5.00. The Morgan fingerprint density at radius 1 is 1.18 bits per heavy atom. The maximum absolute atomic E-state index is 13.7. The molecule has 2 heterocycles. The van der Waals surface area contributed by atoms with Crippen LogP contribution in [0.5, 0.6) is 0 Å². The molecule has 0 atom stereocenters. The van der Waals surface area contributed by atoms with E-state index in [1.165, 1.54) is 42.5 Å². The van der Waals surface area contributed by atoms with Crippen molar-refractivity contribution >= 4 is 11.8 Å². The molecule has 6 heteroatoms. The van der Waals surface area contributed by atoms with E-state index in [0.717, 1.165) is 30.7 Å². The molecule has 0 spiro atoms. The van der Waals surface area contributed by atoms with E-state index >= 15 is 0 Å². The standard InChI is InChI=1S/C28H34FN5/c1-19(7-14-27-20(2)28(29)32-33(27)3)22-10-8-21(9-11-22)16-30-25-6-4-5-23(15-25)24-17-31-34(18-24)26-12-13-26/h4-7,14-15,17-18,21-22,26,30H,1,8-13,16H2,2-3H3/b14-7-/t21-,22-. The third-order valence-electron chi connectivity index (χ3n) is 7.42. The number of nitrogens with zero attached hydrogens (tertiary/aromatic N) is 4. The Kier molecular flexibility index (Phi) is 6.40. The molecule has 2 fully saturated rings. The molecule has 0 aliphatic heterocycles. The van der Waals surface area contributed by atoms with Crippen molar-refractivity contribution in [2.45, 2.75) is 51.5 Å². The van der Waals surface area contributed by atoms with Crippen LogP contribution in [-0.4, -0.2) is 26.1 Å². The lowest BCUT2D eigenvalue weighted by Gasteiger charge is -2.29. The molecular weight excluding hydrogens is 425 g/mol. The van der Waals surface area contributed by atoms with Crippen molar-refractivity contribution in [3.63, 3.8) is 0 Å². The highest BCUT2D eigenvalue weighted by Crippen LogP contribution is 2.36. The minimum Gasteiger partial charge on any atom is -0.385 e. The Hall–Kier alpha value is -3.15.